The van der Waals surface area contributed by atoms with Gasteiger partial charge in [0.1, 0.15) is 12.4 Å². The fourth-order valence-corrected chi connectivity index (χ4v) is 1.62. The van der Waals surface area contributed by atoms with E-state index in [9.17, 15) is 4.79 Å². The van der Waals surface area contributed by atoms with Gasteiger partial charge in [0, 0.05) is 6.54 Å². The average molecular weight is 317 g/mol. The van der Waals surface area contributed by atoms with Crippen LogP contribution in [0.2, 0.25) is 0 Å². The van der Waals surface area contributed by atoms with Crippen molar-refractivity contribution in [2.24, 2.45) is 0 Å². The number of hydrogen-bond acceptors (Lipinski definition) is 5. The van der Waals surface area contributed by atoms with E-state index >= 15 is 0 Å². The molecule has 0 spiro atoms. The average Bonchev–Trinajstić information content (AvgIpc) is 2.45. The van der Waals surface area contributed by atoms with E-state index in [1.54, 1.807) is 18.2 Å². The van der Waals surface area contributed by atoms with Gasteiger partial charge in [-0.25, -0.2) is 4.79 Å². The summed E-state index contributed by atoms with van der Waals surface area (Å²) in [5.74, 6) is 0.241. The molecule has 1 rings (SSSR count). The van der Waals surface area contributed by atoms with Crippen molar-refractivity contribution in [3.05, 3.63) is 23.8 Å². The van der Waals surface area contributed by atoms with Crippen LogP contribution in [0.4, 0.5) is 5.69 Å². The summed E-state index contributed by atoms with van der Waals surface area (Å²) in [5, 5.41) is 3.16. The molecule has 0 unspecified atom stereocenters. The van der Waals surface area contributed by atoms with Crippen LogP contribution in [0.5, 0.6) is 5.75 Å². The Morgan fingerprint density at radius 2 is 1.95 bits per heavy atom. The Morgan fingerprint density at radius 1 is 1.19 bits per heavy atom. The number of benzene rings is 1. The van der Waals surface area contributed by atoms with Crippen LogP contribution >= 0.6 is 12.4 Å². The summed E-state index contributed by atoms with van der Waals surface area (Å²) in [6.07, 6.45) is 1.97. The number of esters is 1. The van der Waals surface area contributed by atoms with E-state index in [4.69, 9.17) is 15.2 Å². The van der Waals surface area contributed by atoms with Crippen LogP contribution in [-0.4, -0.2) is 32.3 Å². The Balaban J connectivity index is 0.00000400. The largest absolute Gasteiger partial charge is 0.491 e. The molecule has 120 valence electrons. The van der Waals surface area contributed by atoms with Crippen LogP contribution in [0.1, 0.15) is 37.0 Å². The van der Waals surface area contributed by atoms with E-state index in [2.05, 4.69) is 12.2 Å². The number of ether oxygens (including phenoxy) is 2. The molecule has 0 saturated heterocycles. The van der Waals surface area contributed by atoms with Crippen molar-refractivity contribution in [1.29, 1.82) is 0 Å². The Labute approximate surface area is 132 Å². The molecule has 1 aromatic carbocycles. The predicted octanol–water partition coefficient (Wildman–Crippen LogP) is 2.64. The van der Waals surface area contributed by atoms with E-state index < -0.39 is 0 Å². The number of hydrogen-bond donors (Lipinski definition) is 2. The molecule has 21 heavy (non-hydrogen) atoms. The van der Waals surface area contributed by atoms with E-state index in [1.165, 1.54) is 0 Å². The van der Waals surface area contributed by atoms with Crippen LogP contribution in [-0.2, 0) is 4.74 Å². The maximum absolute atomic E-state index is 11.8. The first-order chi connectivity index (χ1) is 9.69. The van der Waals surface area contributed by atoms with Crippen LogP contribution in [0.25, 0.3) is 0 Å². The number of carbonyl (C=O) groups excluding carboxylic acids is 1. The molecule has 0 aliphatic heterocycles. The summed E-state index contributed by atoms with van der Waals surface area (Å²) in [6.45, 7) is 6.66. The molecule has 5 nitrogen and oxygen atoms in total. The molecule has 0 aliphatic rings. The van der Waals surface area contributed by atoms with Gasteiger partial charge in [0.05, 0.1) is 17.9 Å². The number of carbonyl (C=O) groups is 1. The summed E-state index contributed by atoms with van der Waals surface area (Å²) < 4.78 is 10.6. The molecule has 6 heteroatoms. The third-order valence-electron chi connectivity index (χ3n) is 2.65. The van der Waals surface area contributed by atoms with Gasteiger partial charge in [-0.1, -0.05) is 13.8 Å². The third-order valence-corrected chi connectivity index (χ3v) is 2.65. The Hall–Kier alpha value is -1.46. The minimum absolute atomic E-state index is 0. The number of nitrogen functional groups attached to an aromatic ring is 1. The number of rotatable bonds is 9. The van der Waals surface area contributed by atoms with Crippen LogP contribution < -0.4 is 15.8 Å². The van der Waals surface area contributed by atoms with Gasteiger partial charge in [-0.05, 0) is 37.6 Å². The van der Waals surface area contributed by atoms with Crippen LogP contribution in [0.3, 0.4) is 0 Å². The van der Waals surface area contributed by atoms with E-state index in [1.807, 2.05) is 6.92 Å². The fourth-order valence-electron chi connectivity index (χ4n) is 1.62. The molecular weight excluding hydrogens is 292 g/mol. The van der Waals surface area contributed by atoms with Gasteiger partial charge in [-0.2, -0.15) is 0 Å². The monoisotopic (exact) mass is 316 g/mol. The maximum atomic E-state index is 11.8. The molecule has 0 fully saturated rings. The number of halogens is 1. The summed E-state index contributed by atoms with van der Waals surface area (Å²) in [5.41, 5.74) is 6.75. The minimum Gasteiger partial charge on any atom is -0.491 e. The first-order valence-electron chi connectivity index (χ1n) is 7.09. The van der Waals surface area contributed by atoms with Crippen LogP contribution in [0.15, 0.2) is 18.2 Å². The lowest BCUT2D eigenvalue weighted by Crippen LogP contribution is -2.22. The smallest absolute Gasteiger partial charge is 0.338 e. The zero-order valence-electron chi connectivity index (χ0n) is 12.7. The number of nitrogens with two attached hydrogens (primary N) is 1. The highest BCUT2D eigenvalue weighted by atomic mass is 35.5. The standard InChI is InChI=1S/C15H24N2O3.ClH/c1-3-7-17-8-10-20-15(18)12-5-6-14(13(16)11-12)19-9-4-2;/h5-6,11,17H,3-4,7-10,16H2,1-2H3;1H. The fraction of sp³-hybridized carbons (Fsp3) is 0.533. The minimum atomic E-state index is -0.364. The van der Waals surface area contributed by atoms with Crippen molar-refractivity contribution in [2.45, 2.75) is 26.7 Å². The van der Waals surface area contributed by atoms with Gasteiger partial charge in [-0.15, -0.1) is 12.4 Å². The lowest BCUT2D eigenvalue weighted by Gasteiger charge is -2.10. The quantitative estimate of drug-likeness (QED) is 0.416. The molecular formula is C15H25ClN2O3. The van der Waals surface area contributed by atoms with Crippen molar-refractivity contribution in [3.8, 4) is 5.75 Å². The highest BCUT2D eigenvalue weighted by molar-refractivity contribution is 5.91. The van der Waals surface area contributed by atoms with Crippen molar-refractivity contribution in [1.82, 2.24) is 5.32 Å². The second-order valence-corrected chi connectivity index (χ2v) is 4.49. The Bertz CT molecular complexity index is 427. The van der Waals surface area contributed by atoms with Crippen molar-refractivity contribution in [2.75, 3.05) is 32.0 Å². The predicted molar refractivity (Wildman–Crippen MR) is 87.3 cm³/mol. The molecule has 0 saturated carbocycles. The molecule has 0 aromatic heterocycles. The first kappa shape index (κ1) is 19.5. The Morgan fingerprint density at radius 3 is 2.57 bits per heavy atom. The summed E-state index contributed by atoms with van der Waals surface area (Å²) in [4.78, 5) is 11.8. The van der Waals surface area contributed by atoms with Crippen molar-refractivity contribution < 1.29 is 14.3 Å². The third kappa shape index (κ3) is 7.20. The van der Waals surface area contributed by atoms with E-state index in [0.29, 0.717) is 36.8 Å². The summed E-state index contributed by atoms with van der Waals surface area (Å²) in [6, 6.07) is 4.97. The SMILES string of the molecule is CCCNCCOC(=O)c1ccc(OCCC)c(N)c1.Cl. The van der Waals surface area contributed by atoms with E-state index in [0.717, 1.165) is 19.4 Å². The molecule has 3 N–H and O–H groups in total. The topological polar surface area (TPSA) is 73.6 Å². The van der Waals surface area contributed by atoms with Gasteiger partial charge in [0.25, 0.3) is 0 Å². The summed E-state index contributed by atoms with van der Waals surface area (Å²) in [7, 11) is 0. The summed E-state index contributed by atoms with van der Waals surface area (Å²) >= 11 is 0. The highest BCUT2D eigenvalue weighted by Crippen LogP contribution is 2.23. The number of anilines is 1. The van der Waals surface area contributed by atoms with Gasteiger partial charge in [-0.3, -0.25) is 0 Å². The maximum Gasteiger partial charge on any atom is 0.338 e. The molecule has 0 bridgehead atoms. The highest BCUT2D eigenvalue weighted by Gasteiger charge is 2.10. The number of nitrogens with one attached hydrogen (secondary N) is 1. The zero-order valence-corrected chi connectivity index (χ0v) is 13.5. The van der Waals surface area contributed by atoms with Gasteiger partial charge in [0.2, 0.25) is 0 Å². The Kier molecular flexibility index (Phi) is 10.4. The van der Waals surface area contributed by atoms with Crippen molar-refractivity contribution in [3.63, 3.8) is 0 Å². The first-order valence-corrected chi connectivity index (χ1v) is 7.09. The van der Waals surface area contributed by atoms with Gasteiger partial charge < -0.3 is 20.5 Å². The lowest BCUT2D eigenvalue weighted by molar-refractivity contribution is 0.0509. The molecule has 0 heterocycles. The van der Waals surface area contributed by atoms with Crippen molar-refractivity contribution >= 4 is 24.1 Å². The van der Waals surface area contributed by atoms with Gasteiger partial charge in [0.15, 0.2) is 0 Å². The van der Waals surface area contributed by atoms with E-state index in [-0.39, 0.29) is 18.4 Å². The second kappa shape index (κ2) is 11.2. The zero-order chi connectivity index (χ0) is 14.8. The molecule has 0 amide bonds. The lowest BCUT2D eigenvalue weighted by atomic mass is 10.2. The molecule has 0 atom stereocenters. The van der Waals surface area contributed by atoms with Gasteiger partial charge >= 0.3 is 5.97 Å². The van der Waals surface area contributed by atoms with Crippen LogP contribution in [0, 0.1) is 0 Å². The molecule has 0 radical (unpaired) electrons. The molecule has 1 aromatic rings. The molecule has 0 aliphatic carbocycles. The normalized spacial score (nSPS) is 9.81. The second-order valence-electron chi connectivity index (χ2n) is 4.49.